The molecule has 1 N–H and O–H groups in total. The number of hydrogen-bond acceptors (Lipinski definition) is 6. The predicted molar refractivity (Wildman–Crippen MR) is 132 cm³/mol. The van der Waals surface area contributed by atoms with Gasteiger partial charge in [-0.25, -0.2) is 4.79 Å². The molecule has 0 saturated carbocycles. The van der Waals surface area contributed by atoms with Gasteiger partial charge in [-0.3, -0.25) is 0 Å². The van der Waals surface area contributed by atoms with E-state index in [4.69, 9.17) is 9.47 Å². The summed E-state index contributed by atoms with van der Waals surface area (Å²) in [6, 6.07) is 13.7. The lowest BCUT2D eigenvalue weighted by atomic mass is 9.99. The van der Waals surface area contributed by atoms with E-state index < -0.39 is 0 Å². The van der Waals surface area contributed by atoms with Crippen LogP contribution >= 0.6 is 0 Å². The molecular formula is C26H29N5O3. The molecule has 34 heavy (non-hydrogen) atoms. The van der Waals surface area contributed by atoms with Crippen LogP contribution < -0.4 is 19.7 Å². The van der Waals surface area contributed by atoms with Crippen molar-refractivity contribution in [3.8, 4) is 22.8 Å². The number of fused-ring (bicyclic) bond motifs is 1. The molecule has 2 aliphatic rings. The largest absolute Gasteiger partial charge is 0.486 e. The van der Waals surface area contributed by atoms with Gasteiger partial charge < -0.3 is 24.6 Å². The third-order valence-corrected chi connectivity index (χ3v) is 6.45. The van der Waals surface area contributed by atoms with Crippen LogP contribution in [0.3, 0.4) is 0 Å². The molecule has 3 aromatic rings. The maximum Gasteiger partial charge on any atom is 0.321 e. The van der Waals surface area contributed by atoms with Gasteiger partial charge in [0.2, 0.25) is 0 Å². The number of aromatic nitrogens is 2. The van der Waals surface area contributed by atoms with Gasteiger partial charge in [-0.15, -0.1) is 10.2 Å². The lowest BCUT2D eigenvalue weighted by Crippen LogP contribution is -2.50. The summed E-state index contributed by atoms with van der Waals surface area (Å²) in [6.45, 7) is 10.0. The van der Waals surface area contributed by atoms with Crippen LogP contribution in [-0.4, -0.2) is 60.5 Å². The Labute approximate surface area is 199 Å². The first-order chi connectivity index (χ1) is 16.5. The molecule has 2 aromatic carbocycles. The lowest BCUT2D eigenvalue weighted by molar-refractivity contribution is 0.171. The van der Waals surface area contributed by atoms with Crippen LogP contribution in [0.1, 0.15) is 16.7 Å². The van der Waals surface area contributed by atoms with Gasteiger partial charge in [0, 0.05) is 43.5 Å². The smallest absolute Gasteiger partial charge is 0.321 e. The Bertz CT molecular complexity index is 1200. The fraction of sp³-hybridized carbons (Fsp3) is 0.346. The molecule has 0 aliphatic carbocycles. The molecule has 8 heteroatoms. The molecule has 3 heterocycles. The van der Waals surface area contributed by atoms with Crippen molar-refractivity contribution < 1.29 is 14.3 Å². The second-order valence-corrected chi connectivity index (χ2v) is 8.79. The number of carbonyl (C=O) groups excluding carboxylic acids is 1. The van der Waals surface area contributed by atoms with Crippen LogP contribution in [0.2, 0.25) is 0 Å². The van der Waals surface area contributed by atoms with Crippen LogP contribution in [0.5, 0.6) is 11.5 Å². The van der Waals surface area contributed by atoms with Gasteiger partial charge in [-0.2, -0.15) is 0 Å². The average Bonchev–Trinajstić information content (AvgIpc) is 2.86. The molecule has 8 nitrogen and oxygen atoms in total. The zero-order valence-electron chi connectivity index (χ0n) is 19.8. The van der Waals surface area contributed by atoms with E-state index in [0.29, 0.717) is 56.6 Å². The van der Waals surface area contributed by atoms with Crippen LogP contribution in [0.25, 0.3) is 11.3 Å². The fourth-order valence-corrected chi connectivity index (χ4v) is 4.34. The molecule has 5 rings (SSSR count). The highest BCUT2D eigenvalue weighted by Gasteiger charge is 2.23. The van der Waals surface area contributed by atoms with E-state index in [1.807, 2.05) is 29.2 Å². The maximum absolute atomic E-state index is 12.8. The number of amides is 2. The number of urea groups is 1. The highest BCUT2D eigenvalue weighted by molar-refractivity contribution is 5.90. The summed E-state index contributed by atoms with van der Waals surface area (Å²) in [5.41, 5.74) is 6.41. The zero-order valence-corrected chi connectivity index (χ0v) is 19.8. The molecular weight excluding hydrogens is 430 g/mol. The average molecular weight is 460 g/mol. The molecule has 0 radical (unpaired) electrons. The maximum atomic E-state index is 12.8. The Morgan fingerprint density at radius 1 is 0.824 bits per heavy atom. The summed E-state index contributed by atoms with van der Waals surface area (Å²) in [4.78, 5) is 16.7. The standard InChI is InChI=1S/C26H29N5O3/c1-17-14-19(3)21(15-18(17)2)22-5-7-25(29-28-22)30-8-10-31(11-9-30)26(32)27-20-4-6-23-24(16-20)34-13-12-33-23/h4-7,14-16H,8-13H2,1-3H3,(H,27,32). The minimum Gasteiger partial charge on any atom is -0.486 e. The second-order valence-electron chi connectivity index (χ2n) is 8.79. The van der Waals surface area contributed by atoms with Crippen molar-refractivity contribution in [2.24, 2.45) is 0 Å². The first-order valence-corrected chi connectivity index (χ1v) is 11.6. The monoisotopic (exact) mass is 459 g/mol. The highest BCUT2D eigenvalue weighted by Crippen LogP contribution is 2.32. The fourth-order valence-electron chi connectivity index (χ4n) is 4.34. The minimum atomic E-state index is -0.122. The Morgan fingerprint density at radius 3 is 2.29 bits per heavy atom. The van der Waals surface area contributed by atoms with Crippen molar-refractivity contribution in [2.75, 3.05) is 49.6 Å². The molecule has 1 saturated heterocycles. The molecule has 1 aromatic heterocycles. The molecule has 2 amide bonds. The second kappa shape index (κ2) is 9.21. The molecule has 1 fully saturated rings. The van der Waals surface area contributed by atoms with Gasteiger partial charge in [0.15, 0.2) is 17.3 Å². The molecule has 0 spiro atoms. The van der Waals surface area contributed by atoms with Crippen molar-refractivity contribution in [2.45, 2.75) is 20.8 Å². The predicted octanol–water partition coefficient (Wildman–Crippen LogP) is 4.19. The Morgan fingerprint density at radius 2 is 1.56 bits per heavy atom. The number of ether oxygens (including phenoxy) is 2. The van der Waals surface area contributed by atoms with Crippen LogP contribution in [0.4, 0.5) is 16.3 Å². The van der Waals surface area contributed by atoms with Crippen LogP contribution in [-0.2, 0) is 0 Å². The number of aryl methyl sites for hydroxylation is 3. The van der Waals surface area contributed by atoms with Crippen molar-refractivity contribution >= 4 is 17.5 Å². The van der Waals surface area contributed by atoms with Gasteiger partial charge in [0.25, 0.3) is 0 Å². The number of piperazine rings is 1. The summed E-state index contributed by atoms with van der Waals surface area (Å²) in [5, 5.41) is 11.9. The SMILES string of the molecule is Cc1cc(C)c(-c2ccc(N3CCN(C(=O)Nc4ccc5c(c4)OCCO5)CC3)nn2)cc1C. The Balaban J connectivity index is 1.19. The normalized spacial score (nSPS) is 15.3. The van der Waals surface area contributed by atoms with E-state index in [1.165, 1.54) is 16.7 Å². The Hall–Kier alpha value is -3.81. The molecule has 0 unspecified atom stereocenters. The van der Waals surface area contributed by atoms with Crippen LogP contribution in [0, 0.1) is 20.8 Å². The minimum absolute atomic E-state index is 0.122. The number of nitrogens with zero attached hydrogens (tertiary/aromatic N) is 4. The number of carbonyl (C=O) groups is 1. The highest BCUT2D eigenvalue weighted by atomic mass is 16.6. The molecule has 176 valence electrons. The molecule has 0 bridgehead atoms. The number of rotatable bonds is 3. The third-order valence-electron chi connectivity index (χ3n) is 6.45. The number of hydrogen-bond donors (Lipinski definition) is 1. The van der Waals surface area contributed by atoms with Crippen LogP contribution in [0.15, 0.2) is 42.5 Å². The number of anilines is 2. The van der Waals surface area contributed by atoms with E-state index in [9.17, 15) is 4.79 Å². The summed E-state index contributed by atoms with van der Waals surface area (Å²) in [6.07, 6.45) is 0. The van der Waals surface area contributed by atoms with Gasteiger partial charge in [0.1, 0.15) is 13.2 Å². The summed E-state index contributed by atoms with van der Waals surface area (Å²) >= 11 is 0. The van der Waals surface area contributed by atoms with Crippen molar-refractivity contribution in [3.63, 3.8) is 0 Å². The topological polar surface area (TPSA) is 79.8 Å². The van der Waals surface area contributed by atoms with Crippen molar-refractivity contribution in [3.05, 3.63) is 59.2 Å². The summed E-state index contributed by atoms with van der Waals surface area (Å²) < 4.78 is 11.1. The number of benzene rings is 2. The quantitative estimate of drug-likeness (QED) is 0.633. The first-order valence-electron chi connectivity index (χ1n) is 11.6. The van der Waals surface area contributed by atoms with E-state index in [1.54, 1.807) is 6.07 Å². The van der Waals surface area contributed by atoms with Gasteiger partial charge >= 0.3 is 6.03 Å². The van der Waals surface area contributed by atoms with Gasteiger partial charge in [0.05, 0.1) is 5.69 Å². The van der Waals surface area contributed by atoms with E-state index in [0.717, 1.165) is 17.1 Å². The van der Waals surface area contributed by atoms with Gasteiger partial charge in [-0.1, -0.05) is 6.07 Å². The zero-order chi connectivity index (χ0) is 23.7. The lowest BCUT2D eigenvalue weighted by Gasteiger charge is -2.35. The van der Waals surface area contributed by atoms with E-state index >= 15 is 0 Å². The van der Waals surface area contributed by atoms with E-state index in [-0.39, 0.29) is 6.03 Å². The Kier molecular flexibility index (Phi) is 5.96. The summed E-state index contributed by atoms with van der Waals surface area (Å²) in [5.74, 6) is 2.20. The first kappa shape index (κ1) is 22.0. The molecule has 2 aliphatic heterocycles. The van der Waals surface area contributed by atoms with Crippen molar-refractivity contribution in [1.29, 1.82) is 0 Å². The van der Waals surface area contributed by atoms with Gasteiger partial charge in [-0.05, 0) is 67.8 Å². The van der Waals surface area contributed by atoms with Crippen molar-refractivity contribution in [1.82, 2.24) is 15.1 Å². The summed E-state index contributed by atoms with van der Waals surface area (Å²) in [7, 11) is 0. The molecule has 0 atom stereocenters. The van der Waals surface area contributed by atoms with E-state index in [2.05, 4.69) is 53.3 Å². The third kappa shape index (κ3) is 4.48. The number of nitrogens with one attached hydrogen (secondary N) is 1.